The Balaban J connectivity index is 1.56. The van der Waals surface area contributed by atoms with E-state index in [0.29, 0.717) is 31.0 Å². The first kappa shape index (κ1) is 13.9. The van der Waals surface area contributed by atoms with E-state index in [0.717, 1.165) is 18.6 Å². The first-order chi connectivity index (χ1) is 10.0. The van der Waals surface area contributed by atoms with E-state index in [9.17, 15) is 9.59 Å². The van der Waals surface area contributed by atoms with Gasteiger partial charge < -0.3 is 19.8 Å². The lowest BCUT2D eigenvalue weighted by Gasteiger charge is -2.35. The number of nitrogens with zero attached hydrogens (tertiary/aromatic N) is 2. The number of aromatic nitrogens is 1. The maximum absolute atomic E-state index is 12.1. The topological polar surface area (TPSA) is 95.7 Å². The Hall–Kier alpha value is -2.05. The van der Waals surface area contributed by atoms with Gasteiger partial charge in [-0.3, -0.25) is 4.79 Å². The predicted molar refractivity (Wildman–Crippen MR) is 73.2 cm³/mol. The molecule has 1 aromatic heterocycles. The van der Waals surface area contributed by atoms with Crippen molar-refractivity contribution in [1.82, 2.24) is 15.4 Å². The Kier molecular flexibility index (Phi) is 3.57. The summed E-state index contributed by atoms with van der Waals surface area (Å²) in [5, 5.41) is 15.8. The Morgan fingerprint density at radius 1 is 1.43 bits per heavy atom. The van der Waals surface area contributed by atoms with E-state index in [1.54, 1.807) is 6.07 Å². The Labute approximate surface area is 122 Å². The summed E-state index contributed by atoms with van der Waals surface area (Å²) in [5.74, 6) is 0.971. The maximum Gasteiger partial charge on any atom is 0.407 e. The van der Waals surface area contributed by atoms with Gasteiger partial charge in [0.2, 0.25) is 0 Å². The molecule has 2 heterocycles. The van der Waals surface area contributed by atoms with Crippen molar-refractivity contribution in [3.63, 3.8) is 0 Å². The van der Waals surface area contributed by atoms with Crippen LogP contribution >= 0.6 is 0 Å². The molecule has 2 aliphatic rings. The number of nitrogens with one attached hydrogen (secondary N) is 1. The quantitative estimate of drug-likeness (QED) is 0.886. The molecule has 0 unspecified atom stereocenters. The Morgan fingerprint density at radius 2 is 2.19 bits per heavy atom. The van der Waals surface area contributed by atoms with Gasteiger partial charge >= 0.3 is 6.09 Å². The van der Waals surface area contributed by atoms with E-state index >= 15 is 0 Å². The second-order valence-corrected chi connectivity index (χ2v) is 5.91. The third-order valence-corrected chi connectivity index (χ3v) is 4.20. The van der Waals surface area contributed by atoms with Crippen molar-refractivity contribution in [2.24, 2.45) is 0 Å². The molecule has 7 heteroatoms. The van der Waals surface area contributed by atoms with Crippen molar-refractivity contribution in [1.29, 1.82) is 0 Å². The number of carbonyl (C=O) groups is 2. The standard InChI is InChI=1S/C14H19N3O4/c1-8-6-10(4-5-17(8)14(19)20)15-13(18)11-7-12(21-16-11)9-2-3-9/h7-10H,2-6H2,1H3,(H,15,18)(H,19,20)/t8-,10-/m0/s1. The monoisotopic (exact) mass is 293 g/mol. The molecule has 2 fully saturated rings. The Morgan fingerprint density at radius 3 is 2.81 bits per heavy atom. The number of piperidine rings is 1. The van der Waals surface area contributed by atoms with Crippen molar-refractivity contribution in [2.75, 3.05) is 6.54 Å². The molecule has 1 saturated carbocycles. The largest absolute Gasteiger partial charge is 0.465 e. The second-order valence-electron chi connectivity index (χ2n) is 5.91. The van der Waals surface area contributed by atoms with Crippen molar-refractivity contribution < 1.29 is 19.2 Å². The third kappa shape index (κ3) is 3.01. The summed E-state index contributed by atoms with van der Waals surface area (Å²) in [6.45, 7) is 2.29. The predicted octanol–water partition coefficient (Wildman–Crippen LogP) is 1.81. The zero-order valence-corrected chi connectivity index (χ0v) is 11.9. The van der Waals surface area contributed by atoms with E-state index in [1.807, 2.05) is 6.92 Å². The van der Waals surface area contributed by atoms with Crippen LogP contribution in [-0.2, 0) is 0 Å². The highest BCUT2D eigenvalue weighted by Gasteiger charge is 2.31. The van der Waals surface area contributed by atoms with Gasteiger partial charge in [0.1, 0.15) is 5.76 Å². The SMILES string of the molecule is C[C@H]1C[C@@H](NC(=O)c2cc(C3CC3)on2)CCN1C(=O)O. The van der Waals surface area contributed by atoms with Crippen LogP contribution in [0.1, 0.15) is 54.8 Å². The van der Waals surface area contributed by atoms with Crippen molar-refractivity contribution in [3.05, 3.63) is 17.5 Å². The fourth-order valence-corrected chi connectivity index (χ4v) is 2.80. The van der Waals surface area contributed by atoms with Crippen molar-refractivity contribution in [2.45, 2.75) is 50.6 Å². The van der Waals surface area contributed by atoms with E-state index in [1.165, 1.54) is 4.90 Å². The molecule has 2 N–H and O–H groups in total. The fourth-order valence-electron chi connectivity index (χ4n) is 2.80. The molecule has 0 aromatic carbocycles. The van der Waals surface area contributed by atoms with E-state index in [4.69, 9.17) is 9.63 Å². The summed E-state index contributed by atoms with van der Waals surface area (Å²) in [6.07, 6.45) is 2.53. The lowest BCUT2D eigenvalue weighted by molar-refractivity contribution is 0.0848. The minimum absolute atomic E-state index is 0.0239. The highest BCUT2D eigenvalue weighted by atomic mass is 16.5. The van der Waals surface area contributed by atoms with Gasteiger partial charge in [0.25, 0.3) is 5.91 Å². The van der Waals surface area contributed by atoms with Gasteiger partial charge in [-0.15, -0.1) is 0 Å². The number of likely N-dealkylation sites (tertiary alicyclic amines) is 1. The van der Waals surface area contributed by atoms with Crippen LogP contribution < -0.4 is 5.32 Å². The lowest BCUT2D eigenvalue weighted by atomic mass is 9.98. The van der Waals surface area contributed by atoms with Gasteiger partial charge in [0.15, 0.2) is 5.69 Å². The van der Waals surface area contributed by atoms with Gasteiger partial charge in [-0.1, -0.05) is 5.16 Å². The van der Waals surface area contributed by atoms with E-state index in [-0.39, 0.29) is 18.0 Å². The first-order valence-corrected chi connectivity index (χ1v) is 7.31. The summed E-state index contributed by atoms with van der Waals surface area (Å²) >= 11 is 0. The molecule has 2 atom stereocenters. The molecule has 1 aromatic rings. The smallest absolute Gasteiger partial charge is 0.407 e. The summed E-state index contributed by atoms with van der Waals surface area (Å²) in [4.78, 5) is 24.5. The van der Waals surface area contributed by atoms with Gasteiger partial charge in [-0.05, 0) is 32.6 Å². The van der Waals surface area contributed by atoms with Crippen molar-refractivity contribution >= 4 is 12.0 Å². The number of carbonyl (C=O) groups excluding carboxylic acids is 1. The van der Waals surface area contributed by atoms with Gasteiger partial charge in [-0.2, -0.15) is 0 Å². The lowest BCUT2D eigenvalue weighted by Crippen LogP contribution is -2.50. The zero-order valence-electron chi connectivity index (χ0n) is 11.9. The molecule has 0 bridgehead atoms. The summed E-state index contributed by atoms with van der Waals surface area (Å²) < 4.78 is 5.17. The molecule has 1 aliphatic carbocycles. The third-order valence-electron chi connectivity index (χ3n) is 4.20. The number of amides is 2. The summed E-state index contributed by atoms with van der Waals surface area (Å²) in [7, 11) is 0. The molecule has 114 valence electrons. The average molecular weight is 293 g/mol. The number of hydrogen-bond donors (Lipinski definition) is 2. The molecule has 7 nitrogen and oxygen atoms in total. The van der Waals surface area contributed by atoms with Crippen LogP contribution in [0.2, 0.25) is 0 Å². The number of hydrogen-bond acceptors (Lipinski definition) is 4. The van der Waals surface area contributed by atoms with Gasteiger partial charge in [0, 0.05) is 30.6 Å². The number of carboxylic acid groups (broad SMARTS) is 1. The molecule has 0 radical (unpaired) electrons. The Bertz CT molecular complexity index is 552. The van der Waals surface area contributed by atoms with Crippen LogP contribution in [0.4, 0.5) is 4.79 Å². The molecular weight excluding hydrogens is 274 g/mol. The van der Waals surface area contributed by atoms with E-state index < -0.39 is 6.09 Å². The molecule has 21 heavy (non-hydrogen) atoms. The number of rotatable bonds is 3. The minimum atomic E-state index is -0.905. The van der Waals surface area contributed by atoms with Crippen LogP contribution in [0.5, 0.6) is 0 Å². The zero-order chi connectivity index (χ0) is 15.0. The van der Waals surface area contributed by atoms with E-state index in [2.05, 4.69) is 10.5 Å². The van der Waals surface area contributed by atoms with Crippen LogP contribution in [0.25, 0.3) is 0 Å². The fraction of sp³-hybridized carbons (Fsp3) is 0.643. The van der Waals surface area contributed by atoms with Gasteiger partial charge in [0.05, 0.1) is 0 Å². The van der Waals surface area contributed by atoms with Crippen LogP contribution in [0.3, 0.4) is 0 Å². The molecule has 1 aliphatic heterocycles. The normalized spacial score (nSPS) is 25.7. The highest BCUT2D eigenvalue weighted by molar-refractivity contribution is 5.92. The van der Waals surface area contributed by atoms with Crippen molar-refractivity contribution in [3.8, 4) is 0 Å². The van der Waals surface area contributed by atoms with Crippen LogP contribution in [-0.4, -0.2) is 45.8 Å². The summed E-state index contributed by atoms with van der Waals surface area (Å²) in [6, 6.07) is 1.59. The average Bonchev–Trinajstić information content (AvgIpc) is 3.16. The molecule has 0 spiro atoms. The molecule has 3 rings (SSSR count). The van der Waals surface area contributed by atoms with Crippen LogP contribution in [0, 0.1) is 0 Å². The molecular formula is C14H19N3O4. The van der Waals surface area contributed by atoms with Crippen LogP contribution in [0.15, 0.2) is 10.6 Å². The molecule has 1 saturated heterocycles. The summed E-state index contributed by atoms with van der Waals surface area (Å²) in [5.41, 5.74) is 0.310. The minimum Gasteiger partial charge on any atom is -0.465 e. The second kappa shape index (κ2) is 5.38. The molecule has 2 amide bonds. The highest BCUT2D eigenvalue weighted by Crippen LogP contribution is 2.40. The first-order valence-electron chi connectivity index (χ1n) is 7.31. The van der Waals surface area contributed by atoms with Gasteiger partial charge in [-0.25, -0.2) is 4.79 Å². The maximum atomic E-state index is 12.1.